The number of ether oxygens (including phenoxy) is 2. The van der Waals surface area contributed by atoms with Gasteiger partial charge in [-0.15, -0.1) is 0 Å². The first-order chi connectivity index (χ1) is 29.4. The van der Waals surface area contributed by atoms with Crippen molar-refractivity contribution >= 4 is 43.6 Å². The van der Waals surface area contributed by atoms with Crippen LogP contribution in [0.2, 0.25) is 0 Å². The number of hydrogen-bond donors (Lipinski definition) is 5. The zero-order chi connectivity index (χ0) is 44.4. The molecular formula is C41H37F4N9O7S. The lowest BCUT2D eigenvalue weighted by molar-refractivity contribution is -0.137. The fourth-order valence-electron chi connectivity index (χ4n) is 7.05. The third kappa shape index (κ3) is 9.21. The number of alkyl halides is 3. The van der Waals surface area contributed by atoms with Crippen LogP contribution in [0.3, 0.4) is 0 Å². The Labute approximate surface area is 350 Å². The minimum Gasteiger partial charge on any atom is -0.491 e. The number of carbonyl (C=O) groups is 1. The van der Waals surface area contributed by atoms with Gasteiger partial charge in [-0.05, 0) is 79.2 Å². The van der Waals surface area contributed by atoms with Crippen molar-refractivity contribution in [2.24, 2.45) is 7.05 Å². The Balaban J connectivity index is 0.875. The van der Waals surface area contributed by atoms with Gasteiger partial charge in [-0.3, -0.25) is 14.3 Å². The van der Waals surface area contributed by atoms with Crippen molar-refractivity contribution in [2.75, 3.05) is 48.1 Å². The third-order valence-electron chi connectivity index (χ3n) is 10.0. The molecule has 0 aliphatic carbocycles. The quantitative estimate of drug-likeness (QED) is 0.0674. The lowest BCUT2D eigenvalue weighted by Gasteiger charge is -2.33. The van der Waals surface area contributed by atoms with Gasteiger partial charge >= 0.3 is 6.18 Å². The molecule has 4 aromatic carbocycles. The molecule has 0 saturated heterocycles. The summed E-state index contributed by atoms with van der Waals surface area (Å²) in [5.41, 5.74) is -2.78. The highest BCUT2D eigenvalue weighted by atomic mass is 32.2. The van der Waals surface area contributed by atoms with E-state index in [2.05, 4.69) is 36.2 Å². The van der Waals surface area contributed by atoms with Gasteiger partial charge in [0.05, 0.1) is 64.1 Å². The summed E-state index contributed by atoms with van der Waals surface area (Å²) in [5, 5.41) is 40.3. The first-order valence-electron chi connectivity index (χ1n) is 18.8. The van der Waals surface area contributed by atoms with Gasteiger partial charge in [-0.1, -0.05) is 12.1 Å². The van der Waals surface area contributed by atoms with E-state index in [0.29, 0.717) is 47.6 Å². The highest BCUT2D eigenvalue weighted by molar-refractivity contribution is 7.91. The zero-order valence-corrected chi connectivity index (χ0v) is 33.6. The lowest BCUT2D eigenvalue weighted by Crippen LogP contribution is -2.45. The fourth-order valence-corrected chi connectivity index (χ4v) is 8.64. The van der Waals surface area contributed by atoms with E-state index in [4.69, 9.17) is 14.7 Å². The Kier molecular flexibility index (Phi) is 12.0. The molecule has 1 amide bonds. The molecule has 0 radical (unpaired) electrons. The number of halogens is 4. The summed E-state index contributed by atoms with van der Waals surface area (Å²) in [6, 6.07) is 18.7. The first kappa shape index (κ1) is 43.2. The van der Waals surface area contributed by atoms with E-state index in [-0.39, 0.29) is 29.2 Å². The van der Waals surface area contributed by atoms with Gasteiger partial charge in [0.1, 0.15) is 30.3 Å². The Morgan fingerprint density at radius 2 is 1.74 bits per heavy atom. The summed E-state index contributed by atoms with van der Waals surface area (Å²) >= 11 is 0. The van der Waals surface area contributed by atoms with Gasteiger partial charge in [0.2, 0.25) is 0 Å². The summed E-state index contributed by atoms with van der Waals surface area (Å²) in [4.78, 5) is 29.6. The largest absolute Gasteiger partial charge is 0.491 e. The number of aromatic amines is 1. The maximum atomic E-state index is 14.6. The first-order valence-corrected chi connectivity index (χ1v) is 20.4. The maximum Gasteiger partial charge on any atom is 0.417 e. The van der Waals surface area contributed by atoms with Crippen LogP contribution in [0.15, 0.2) is 94.9 Å². The van der Waals surface area contributed by atoms with Crippen LogP contribution in [0.25, 0.3) is 10.8 Å². The number of sulfone groups is 1. The molecule has 3 heterocycles. The molecule has 16 nitrogen and oxygen atoms in total. The van der Waals surface area contributed by atoms with Gasteiger partial charge in [0.25, 0.3) is 11.5 Å². The molecule has 1 aliphatic heterocycles. The van der Waals surface area contributed by atoms with Crippen LogP contribution in [0.4, 0.5) is 34.6 Å². The van der Waals surface area contributed by atoms with Crippen molar-refractivity contribution in [3.05, 3.63) is 130 Å². The molecule has 2 aromatic heterocycles. The predicted octanol–water partition coefficient (Wildman–Crippen LogP) is 5.05. The van der Waals surface area contributed by atoms with Crippen molar-refractivity contribution in [3.8, 4) is 11.8 Å². The number of anilines is 3. The van der Waals surface area contributed by atoms with Crippen molar-refractivity contribution in [1.82, 2.24) is 25.0 Å². The maximum absolute atomic E-state index is 14.6. The molecule has 322 valence electrons. The van der Waals surface area contributed by atoms with E-state index in [0.717, 1.165) is 30.3 Å². The van der Waals surface area contributed by atoms with E-state index >= 15 is 0 Å². The molecule has 3 atom stereocenters. The molecule has 0 saturated carbocycles. The average Bonchev–Trinajstić information content (AvgIpc) is 3.65. The minimum absolute atomic E-state index is 0.131. The second kappa shape index (κ2) is 17.2. The smallest absolute Gasteiger partial charge is 0.417 e. The molecule has 0 spiro atoms. The second-order valence-electron chi connectivity index (χ2n) is 14.5. The number of H-pyrrole nitrogens is 1. The molecule has 21 heteroatoms. The Bertz CT molecular complexity index is 2840. The van der Waals surface area contributed by atoms with Crippen LogP contribution in [0.1, 0.15) is 47.1 Å². The average molecular weight is 876 g/mol. The second-order valence-corrected chi connectivity index (χ2v) is 16.5. The molecule has 5 N–H and O–H groups in total. The highest BCUT2D eigenvalue weighted by Gasteiger charge is 2.39. The van der Waals surface area contributed by atoms with Crippen LogP contribution in [-0.2, 0) is 32.6 Å². The van der Waals surface area contributed by atoms with E-state index in [1.807, 2.05) is 24.3 Å². The molecule has 0 unspecified atom stereocenters. The van der Waals surface area contributed by atoms with E-state index in [9.17, 15) is 40.7 Å². The summed E-state index contributed by atoms with van der Waals surface area (Å²) in [6.45, 7) is 2.02. The van der Waals surface area contributed by atoms with E-state index < -0.39 is 67.7 Å². The van der Waals surface area contributed by atoms with Gasteiger partial charge in [0.15, 0.2) is 15.4 Å². The Morgan fingerprint density at radius 3 is 2.42 bits per heavy atom. The number of aromatic nitrogens is 5. The van der Waals surface area contributed by atoms with Gasteiger partial charge in [-0.2, -0.15) is 28.6 Å². The minimum atomic E-state index is -4.89. The van der Waals surface area contributed by atoms with Gasteiger partial charge < -0.3 is 30.5 Å². The van der Waals surface area contributed by atoms with Crippen LogP contribution in [0, 0.1) is 17.1 Å². The number of rotatable bonds is 15. The van der Waals surface area contributed by atoms with Crippen LogP contribution in [-0.4, -0.2) is 82.1 Å². The van der Waals surface area contributed by atoms with Crippen LogP contribution in [0.5, 0.6) is 5.75 Å². The van der Waals surface area contributed by atoms with E-state index in [1.54, 1.807) is 11.7 Å². The number of benzene rings is 4. The Hall–Kier alpha value is -6.89. The van der Waals surface area contributed by atoms with Crippen LogP contribution >= 0.6 is 0 Å². The topological polar surface area (TPSA) is 226 Å². The number of amides is 1. The SMILES string of the molecule is Cn1ncnc1[C@H]1c2n[nH]c(=O)c3cc(F)cc(c23)N[C@@H]1c1ccc(NCCOCCOc2ccc(S(=O)(=O)C[C@](C)(O)C(=O)Nc3ccc(C#N)c(C(F)(F)F)c3)cc2)cc1. The molecule has 0 bridgehead atoms. The molecule has 0 fully saturated rings. The number of nitrogens with one attached hydrogen (secondary N) is 4. The lowest BCUT2D eigenvalue weighted by atomic mass is 9.83. The molecule has 1 aliphatic rings. The highest BCUT2D eigenvalue weighted by Crippen LogP contribution is 2.46. The summed E-state index contributed by atoms with van der Waals surface area (Å²) in [5.74, 6) is -2.47. The number of nitriles is 1. The number of aryl methyl sites for hydroxylation is 1. The fraction of sp³-hybridized carbons (Fsp3) is 0.268. The molecule has 62 heavy (non-hydrogen) atoms. The molecule has 7 rings (SSSR count). The standard InChI is InChI=1S/C41H37F4N9O7S/c1-40(57,39(56)50-27-8-5-24(20-46)31(19-27)41(43,44)45)21-62(58,59)29-11-9-28(10-12-29)61-16-15-60-14-13-47-26-6-3-23(4-7-26)35-34(37-48-22-49-54(37)2)36-33-30(38(55)53-52-36)17-25(42)18-32(33)51-35/h3-12,17-19,22,34-35,47,51,57H,13-16,21H2,1-2H3,(H,50,56)(H,53,55)/t34-,35-,40+/m1/s1. The van der Waals surface area contributed by atoms with Crippen LogP contribution < -0.4 is 26.2 Å². The Morgan fingerprint density at radius 1 is 1.02 bits per heavy atom. The number of carbonyl (C=O) groups excluding carboxylic acids is 1. The number of aliphatic hydroxyl groups is 1. The van der Waals surface area contributed by atoms with Crippen molar-refractivity contribution in [2.45, 2.75) is 35.6 Å². The van der Waals surface area contributed by atoms with Crippen molar-refractivity contribution < 1.29 is 45.4 Å². The predicted molar refractivity (Wildman–Crippen MR) is 217 cm³/mol. The van der Waals surface area contributed by atoms with Gasteiger partial charge in [0, 0.05) is 36.0 Å². The molecule has 6 aromatic rings. The van der Waals surface area contributed by atoms with E-state index in [1.165, 1.54) is 48.8 Å². The van der Waals surface area contributed by atoms with Gasteiger partial charge in [-0.25, -0.2) is 22.9 Å². The normalized spacial score (nSPS) is 15.9. The van der Waals surface area contributed by atoms with Crippen molar-refractivity contribution in [3.63, 3.8) is 0 Å². The summed E-state index contributed by atoms with van der Waals surface area (Å²) in [7, 11) is -2.51. The monoisotopic (exact) mass is 875 g/mol. The molecular weight excluding hydrogens is 839 g/mol. The summed E-state index contributed by atoms with van der Waals surface area (Å²) in [6.07, 6.45) is -3.46. The number of hydrogen-bond acceptors (Lipinski definition) is 13. The van der Waals surface area contributed by atoms with Crippen molar-refractivity contribution in [1.29, 1.82) is 5.26 Å². The zero-order valence-electron chi connectivity index (χ0n) is 32.8. The summed E-state index contributed by atoms with van der Waals surface area (Å²) < 4.78 is 93.7. The number of nitrogens with zero attached hydrogens (tertiary/aromatic N) is 5. The third-order valence-corrected chi connectivity index (χ3v) is 12.0.